The second-order valence-electron chi connectivity index (χ2n) is 2.90. The summed E-state index contributed by atoms with van der Waals surface area (Å²) < 4.78 is 1.09. The molecule has 2 aromatic rings. The molecule has 3 heteroatoms. The number of hydrogen-bond donors (Lipinski definition) is 0. The van der Waals surface area contributed by atoms with E-state index in [0.717, 1.165) is 20.8 Å². The third kappa shape index (κ3) is 1.93. The maximum atomic E-state index is 4.58. The van der Waals surface area contributed by atoms with Gasteiger partial charge in [0, 0.05) is 5.39 Å². The van der Waals surface area contributed by atoms with Gasteiger partial charge in [0.15, 0.2) is 0 Å². The van der Waals surface area contributed by atoms with Crippen LogP contribution >= 0.6 is 27.7 Å². The van der Waals surface area contributed by atoms with E-state index in [-0.39, 0.29) is 0 Å². The van der Waals surface area contributed by atoms with Crippen molar-refractivity contribution in [2.75, 3.05) is 5.75 Å². The Morgan fingerprint density at radius 3 is 2.93 bits per heavy atom. The molecule has 0 radical (unpaired) electrons. The summed E-state index contributed by atoms with van der Waals surface area (Å²) in [5.41, 5.74) is 1.06. The van der Waals surface area contributed by atoms with Crippen molar-refractivity contribution in [3.8, 4) is 0 Å². The SMILES string of the molecule is CCSc1nc2ccccc2cc1Br. The fourth-order valence-corrected chi connectivity index (χ4v) is 2.62. The molecule has 0 amide bonds. The Balaban J connectivity index is 2.59. The summed E-state index contributed by atoms with van der Waals surface area (Å²) in [6, 6.07) is 10.3. The Labute approximate surface area is 96.1 Å². The minimum absolute atomic E-state index is 1.05. The van der Waals surface area contributed by atoms with E-state index in [1.165, 1.54) is 5.39 Å². The molecule has 0 unspecified atom stereocenters. The lowest BCUT2D eigenvalue weighted by Crippen LogP contribution is -1.85. The largest absolute Gasteiger partial charge is 0.240 e. The molecule has 1 aromatic carbocycles. The number of nitrogens with zero attached hydrogens (tertiary/aromatic N) is 1. The van der Waals surface area contributed by atoms with E-state index in [4.69, 9.17) is 0 Å². The first-order valence-electron chi connectivity index (χ1n) is 4.49. The number of aromatic nitrogens is 1. The van der Waals surface area contributed by atoms with E-state index < -0.39 is 0 Å². The van der Waals surface area contributed by atoms with Crippen LogP contribution in [0, 0.1) is 0 Å². The van der Waals surface area contributed by atoms with Gasteiger partial charge >= 0.3 is 0 Å². The number of para-hydroxylation sites is 1. The first-order valence-corrected chi connectivity index (χ1v) is 6.27. The summed E-state index contributed by atoms with van der Waals surface area (Å²) in [7, 11) is 0. The van der Waals surface area contributed by atoms with E-state index in [0.29, 0.717) is 0 Å². The van der Waals surface area contributed by atoms with Crippen LogP contribution in [-0.4, -0.2) is 10.7 Å². The van der Waals surface area contributed by atoms with Gasteiger partial charge in [-0.25, -0.2) is 4.98 Å². The maximum absolute atomic E-state index is 4.58. The van der Waals surface area contributed by atoms with Gasteiger partial charge in [0.1, 0.15) is 5.03 Å². The van der Waals surface area contributed by atoms with Crippen LogP contribution in [0.4, 0.5) is 0 Å². The van der Waals surface area contributed by atoms with Crippen molar-refractivity contribution in [3.63, 3.8) is 0 Å². The molecule has 0 aliphatic heterocycles. The highest BCUT2D eigenvalue weighted by molar-refractivity contribution is 9.10. The van der Waals surface area contributed by atoms with Gasteiger partial charge < -0.3 is 0 Å². The molecule has 72 valence electrons. The number of benzene rings is 1. The molecule has 0 spiro atoms. The fraction of sp³-hybridized carbons (Fsp3) is 0.182. The third-order valence-electron chi connectivity index (χ3n) is 1.93. The van der Waals surface area contributed by atoms with E-state index in [9.17, 15) is 0 Å². The Morgan fingerprint density at radius 2 is 2.14 bits per heavy atom. The molecule has 0 fully saturated rings. The number of pyridine rings is 1. The molecule has 14 heavy (non-hydrogen) atoms. The van der Waals surface area contributed by atoms with E-state index in [1.54, 1.807) is 11.8 Å². The second-order valence-corrected chi connectivity index (χ2v) is 5.01. The van der Waals surface area contributed by atoms with Crippen molar-refractivity contribution in [2.45, 2.75) is 11.9 Å². The molecule has 0 saturated carbocycles. The number of thioether (sulfide) groups is 1. The molecular formula is C11H10BrNS. The third-order valence-corrected chi connectivity index (χ3v) is 3.67. The van der Waals surface area contributed by atoms with E-state index >= 15 is 0 Å². The molecule has 1 aromatic heterocycles. The Kier molecular flexibility index (Phi) is 3.08. The van der Waals surface area contributed by atoms with Gasteiger partial charge in [-0.05, 0) is 33.8 Å². The quantitative estimate of drug-likeness (QED) is 0.760. The lowest BCUT2D eigenvalue weighted by atomic mass is 10.2. The van der Waals surface area contributed by atoms with Gasteiger partial charge in [-0.2, -0.15) is 0 Å². The zero-order valence-corrected chi connectivity index (χ0v) is 10.2. The van der Waals surface area contributed by atoms with Gasteiger partial charge in [0.2, 0.25) is 0 Å². The van der Waals surface area contributed by atoms with Crippen LogP contribution in [0.25, 0.3) is 10.9 Å². The number of hydrogen-bond acceptors (Lipinski definition) is 2. The van der Waals surface area contributed by atoms with Gasteiger partial charge in [-0.15, -0.1) is 11.8 Å². The standard InChI is InChI=1S/C11H10BrNS/c1-2-14-11-9(12)7-8-5-3-4-6-10(8)13-11/h3-7H,2H2,1H3. The summed E-state index contributed by atoms with van der Waals surface area (Å²) in [4.78, 5) is 4.58. The van der Waals surface area contributed by atoms with Crippen molar-refractivity contribution in [1.82, 2.24) is 4.98 Å². The zero-order chi connectivity index (χ0) is 9.97. The maximum Gasteiger partial charge on any atom is 0.111 e. The normalized spacial score (nSPS) is 10.7. The molecule has 1 heterocycles. The number of fused-ring (bicyclic) bond motifs is 1. The van der Waals surface area contributed by atoms with Crippen molar-refractivity contribution in [3.05, 3.63) is 34.8 Å². The average Bonchev–Trinajstić information content (AvgIpc) is 2.19. The minimum atomic E-state index is 1.05. The molecule has 0 aliphatic rings. The van der Waals surface area contributed by atoms with Crippen LogP contribution in [0.15, 0.2) is 39.8 Å². The Hall–Kier alpha value is -0.540. The van der Waals surface area contributed by atoms with Crippen LogP contribution in [0.1, 0.15) is 6.92 Å². The van der Waals surface area contributed by atoms with E-state index in [2.05, 4.69) is 40.0 Å². The van der Waals surface area contributed by atoms with Crippen LogP contribution in [0.2, 0.25) is 0 Å². The monoisotopic (exact) mass is 267 g/mol. The highest BCUT2D eigenvalue weighted by Gasteiger charge is 2.03. The molecule has 2 rings (SSSR count). The van der Waals surface area contributed by atoms with Gasteiger partial charge in [-0.1, -0.05) is 25.1 Å². The predicted octanol–water partition coefficient (Wildman–Crippen LogP) is 4.11. The van der Waals surface area contributed by atoms with Crippen molar-refractivity contribution in [2.24, 2.45) is 0 Å². The van der Waals surface area contributed by atoms with Crippen LogP contribution in [-0.2, 0) is 0 Å². The summed E-state index contributed by atoms with van der Waals surface area (Å²) in [5, 5.41) is 2.26. The summed E-state index contributed by atoms with van der Waals surface area (Å²) in [6.45, 7) is 2.13. The molecule has 0 bridgehead atoms. The molecular weight excluding hydrogens is 258 g/mol. The summed E-state index contributed by atoms with van der Waals surface area (Å²) in [6.07, 6.45) is 0. The van der Waals surface area contributed by atoms with Gasteiger partial charge in [0.25, 0.3) is 0 Å². The molecule has 0 saturated heterocycles. The van der Waals surface area contributed by atoms with Gasteiger partial charge in [0.05, 0.1) is 9.99 Å². The van der Waals surface area contributed by atoms with Crippen molar-refractivity contribution in [1.29, 1.82) is 0 Å². The highest BCUT2D eigenvalue weighted by atomic mass is 79.9. The number of halogens is 1. The Morgan fingerprint density at radius 1 is 1.36 bits per heavy atom. The summed E-state index contributed by atoms with van der Waals surface area (Å²) >= 11 is 5.29. The predicted molar refractivity (Wildman–Crippen MR) is 65.8 cm³/mol. The van der Waals surface area contributed by atoms with Crippen molar-refractivity contribution >= 4 is 38.6 Å². The molecule has 1 nitrogen and oxygen atoms in total. The lowest BCUT2D eigenvalue weighted by Gasteiger charge is -2.03. The highest BCUT2D eigenvalue weighted by Crippen LogP contribution is 2.28. The van der Waals surface area contributed by atoms with Crippen LogP contribution < -0.4 is 0 Å². The Bertz CT molecular complexity index is 456. The van der Waals surface area contributed by atoms with E-state index in [1.807, 2.05) is 18.2 Å². The first-order chi connectivity index (χ1) is 6.81. The molecule has 0 N–H and O–H groups in total. The van der Waals surface area contributed by atoms with Crippen molar-refractivity contribution < 1.29 is 0 Å². The van der Waals surface area contributed by atoms with Gasteiger partial charge in [-0.3, -0.25) is 0 Å². The summed E-state index contributed by atoms with van der Waals surface area (Å²) in [5.74, 6) is 1.05. The minimum Gasteiger partial charge on any atom is -0.240 e. The second kappa shape index (κ2) is 4.32. The first kappa shape index (κ1) is 9.99. The van der Waals surface area contributed by atoms with Crippen LogP contribution in [0.3, 0.4) is 0 Å². The van der Waals surface area contributed by atoms with Crippen LogP contribution in [0.5, 0.6) is 0 Å². The smallest absolute Gasteiger partial charge is 0.111 e. The molecule has 0 aliphatic carbocycles. The average molecular weight is 268 g/mol. The fourth-order valence-electron chi connectivity index (χ4n) is 1.31. The lowest BCUT2D eigenvalue weighted by molar-refractivity contribution is 1.16. The number of rotatable bonds is 2. The topological polar surface area (TPSA) is 12.9 Å². The zero-order valence-electron chi connectivity index (χ0n) is 7.83. The molecule has 0 atom stereocenters.